The molecule has 1 aromatic heterocycles. The van der Waals surface area contributed by atoms with Gasteiger partial charge in [0, 0.05) is 31.1 Å². The van der Waals surface area contributed by atoms with Crippen LogP contribution in [0.5, 0.6) is 0 Å². The molecule has 1 fully saturated rings. The predicted molar refractivity (Wildman–Crippen MR) is 79.5 cm³/mol. The Morgan fingerprint density at radius 2 is 2.47 bits per heavy atom. The predicted octanol–water partition coefficient (Wildman–Crippen LogP) is 2.42. The number of likely N-dealkylation sites (tertiary alicyclic amines) is 1. The van der Waals surface area contributed by atoms with Crippen LogP contribution in [-0.2, 0) is 11.3 Å². The van der Waals surface area contributed by atoms with Crippen molar-refractivity contribution in [3.8, 4) is 0 Å². The van der Waals surface area contributed by atoms with Gasteiger partial charge in [0.25, 0.3) is 0 Å². The van der Waals surface area contributed by atoms with E-state index in [-0.39, 0.29) is 6.10 Å². The first-order valence-electron chi connectivity index (χ1n) is 7.18. The third-order valence-electron chi connectivity index (χ3n) is 3.63. The first-order chi connectivity index (χ1) is 9.22. The fourth-order valence-corrected chi connectivity index (χ4v) is 3.38. The van der Waals surface area contributed by atoms with Crippen LogP contribution < -0.4 is 5.32 Å². The highest BCUT2D eigenvalue weighted by molar-refractivity contribution is 7.09. The average Bonchev–Trinajstić information content (AvgIpc) is 2.88. The smallest absolute Gasteiger partial charge is 0.122 e. The molecule has 0 aliphatic carbocycles. The minimum atomic E-state index is 0.121. The largest absolute Gasteiger partial charge is 0.372 e. The zero-order valence-electron chi connectivity index (χ0n) is 12.2. The maximum absolute atomic E-state index is 5.59. The average molecular weight is 283 g/mol. The van der Waals surface area contributed by atoms with E-state index < -0.39 is 0 Å². The molecule has 1 N–H and O–H groups in total. The van der Waals surface area contributed by atoms with Gasteiger partial charge < -0.3 is 10.1 Å². The molecule has 0 bridgehead atoms. The van der Waals surface area contributed by atoms with Gasteiger partial charge >= 0.3 is 0 Å². The summed E-state index contributed by atoms with van der Waals surface area (Å²) in [5.74, 6) is 0. The molecule has 0 aromatic carbocycles. The normalized spacial score (nSPS) is 22.6. The van der Waals surface area contributed by atoms with Crippen molar-refractivity contribution in [3.63, 3.8) is 0 Å². The summed E-state index contributed by atoms with van der Waals surface area (Å²) in [5, 5.41) is 6.65. The van der Waals surface area contributed by atoms with Crippen LogP contribution in [0, 0.1) is 0 Å². The number of ether oxygens (including phenoxy) is 1. The van der Waals surface area contributed by atoms with E-state index in [9.17, 15) is 0 Å². The van der Waals surface area contributed by atoms with Gasteiger partial charge in [-0.05, 0) is 40.3 Å². The molecule has 0 amide bonds. The summed E-state index contributed by atoms with van der Waals surface area (Å²) in [5.41, 5.74) is 1.18. The Balaban J connectivity index is 1.88. The molecule has 1 saturated heterocycles. The quantitative estimate of drug-likeness (QED) is 0.870. The van der Waals surface area contributed by atoms with E-state index >= 15 is 0 Å². The van der Waals surface area contributed by atoms with E-state index in [0.29, 0.717) is 6.04 Å². The molecule has 2 atom stereocenters. The standard InChI is InChI=1S/C14H25N3OS/c1-4-18-11(2)14-16-13(10-19-14)9-17-7-5-6-12(8-17)15-3/h10-12,15H,4-9H2,1-3H3. The Hall–Kier alpha value is -0.490. The van der Waals surface area contributed by atoms with E-state index in [0.717, 1.165) is 24.7 Å². The van der Waals surface area contributed by atoms with Crippen molar-refractivity contribution in [2.45, 2.75) is 45.4 Å². The van der Waals surface area contributed by atoms with Crippen molar-refractivity contribution in [2.24, 2.45) is 0 Å². The maximum atomic E-state index is 5.59. The van der Waals surface area contributed by atoms with Gasteiger partial charge in [-0.1, -0.05) is 0 Å². The van der Waals surface area contributed by atoms with Crippen molar-refractivity contribution >= 4 is 11.3 Å². The molecular weight excluding hydrogens is 258 g/mol. The van der Waals surface area contributed by atoms with Crippen LogP contribution in [0.25, 0.3) is 0 Å². The fourth-order valence-electron chi connectivity index (χ4n) is 2.57. The van der Waals surface area contributed by atoms with Crippen molar-refractivity contribution < 1.29 is 4.74 Å². The van der Waals surface area contributed by atoms with Gasteiger partial charge in [-0.3, -0.25) is 4.90 Å². The van der Waals surface area contributed by atoms with Crippen LogP contribution in [0.1, 0.15) is 43.5 Å². The van der Waals surface area contributed by atoms with Crippen molar-refractivity contribution in [3.05, 3.63) is 16.1 Å². The second-order valence-electron chi connectivity index (χ2n) is 5.14. The van der Waals surface area contributed by atoms with E-state index in [1.165, 1.54) is 25.1 Å². The highest BCUT2D eigenvalue weighted by atomic mass is 32.1. The molecule has 2 heterocycles. The first kappa shape index (κ1) is 14.9. The number of nitrogens with zero attached hydrogens (tertiary/aromatic N) is 2. The Kier molecular flexibility index (Phi) is 5.76. The molecule has 1 aliphatic heterocycles. The summed E-state index contributed by atoms with van der Waals surface area (Å²) < 4.78 is 5.59. The zero-order valence-corrected chi connectivity index (χ0v) is 13.0. The van der Waals surface area contributed by atoms with Crippen molar-refractivity contribution in [2.75, 3.05) is 26.7 Å². The molecule has 2 unspecified atom stereocenters. The third-order valence-corrected chi connectivity index (χ3v) is 4.69. The number of likely N-dealkylation sites (N-methyl/N-ethyl adjacent to an activating group) is 1. The Bertz CT molecular complexity index is 383. The highest BCUT2D eigenvalue weighted by Gasteiger charge is 2.19. The molecule has 2 rings (SSSR count). The third kappa shape index (κ3) is 4.24. The SMILES string of the molecule is CCOC(C)c1nc(CN2CCCC(NC)C2)cs1. The number of thiazole rings is 1. The summed E-state index contributed by atoms with van der Waals surface area (Å²) in [6, 6.07) is 0.634. The molecule has 1 aromatic rings. The molecule has 108 valence electrons. The monoisotopic (exact) mass is 283 g/mol. The number of hydrogen-bond donors (Lipinski definition) is 1. The molecule has 0 saturated carbocycles. The van der Waals surface area contributed by atoms with E-state index in [1.54, 1.807) is 11.3 Å². The van der Waals surface area contributed by atoms with Crippen LogP contribution in [0.4, 0.5) is 0 Å². The Morgan fingerprint density at radius 1 is 1.63 bits per heavy atom. The van der Waals surface area contributed by atoms with Gasteiger partial charge in [0.1, 0.15) is 11.1 Å². The second kappa shape index (κ2) is 7.33. The first-order valence-corrected chi connectivity index (χ1v) is 8.06. The summed E-state index contributed by atoms with van der Waals surface area (Å²) in [6.07, 6.45) is 2.68. The topological polar surface area (TPSA) is 37.4 Å². The van der Waals surface area contributed by atoms with Crippen molar-refractivity contribution in [1.82, 2.24) is 15.2 Å². The van der Waals surface area contributed by atoms with Crippen LogP contribution in [-0.4, -0.2) is 42.7 Å². The number of rotatable bonds is 6. The van der Waals surface area contributed by atoms with E-state index in [2.05, 4.69) is 29.6 Å². The van der Waals surface area contributed by atoms with Gasteiger partial charge in [-0.2, -0.15) is 0 Å². The molecule has 0 spiro atoms. The van der Waals surface area contributed by atoms with Crippen LogP contribution in [0.2, 0.25) is 0 Å². The van der Waals surface area contributed by atoms with Gasteiger partial charge in [-0.25, -0.2) is 4.98 Å². The zero-order chi connectivity index (χ0) is 13.7. The van der Waals surface area contributed by atoms with Crippen LogP contribution in [0.15, 0.2) is 5.38 Å². The number of nitrogens with one attached hydrogen (secondary N) is 1. The molecule has 5 heteroatoms. The minimum absolute atomic E-state index is 0.121. The summed E-state index contributed by atoms with van der Waals surface area (Å²) in [7, 11) is 2.05. The Labute approximate surface area is 120 Å². The molecule has 19 heavy (non-hydrogen) atoms. The van der Waals surface area contributed by atoms with Gasteiger partial charge in [-0.15, -0.1) is 11.3 Å². The van der Waals surface area contributed by atoms with E-state index in [4.69, 9.17) is 9.72 Å². The summed E-state index contributed by atoms with van der Waals surface area (Å²) in [6.45, 7) is 8.12. The van der Waals surface area contributed by atoms with Crippen molar-refractivity contribution in [1.29, 1.82) is 0 Å². The number of piperidine rings is 1. The van der Waals surface area contributed by atoms with Gasteiger partial charge in [0.15, 0.2) is 0 Å². The lowest BCUT2D eigenvalue weighted by molar-refractivity contribution is 0.0759. The molecular formula is C14H25N3OS. The summed E-state index contributed by atoms with van der Waals surface area (Å²) >= 11 is 1.71. The van der Waals surface area contributed by atoms with Crippen LogP contribution in [0.3, 0.4) is 0 Å². The molecule has 4 nitrogen and oxygen atoms in total. The molecule has 0 radical (unpaired) electrons. The maximum Gasteiger partial charge on any atom is 0.122 e. The van der Waals surface area contributed by atoms with Gasteiger partial charge in [0.2, 0.25) is 0 Å². The minimum Gasteiger partial charge on any atom is -0.372 e. The number of aromatic nitrogens is 1. The van der Waals surface area contributed by atoms with E-state index in [1.807, 2.05) is 6.92 Å². The lowest BCUT2D eigenvalue weighted by atomic mass is 10.1. The molecule has 1 aliphatic rings. The highest BCUT2D eigenvalue weighted by Crippen LogP contribution is 2.22. The lowest BCUT2D eigenvalue weighted by Gasteiger charge is -2.31. The fraction of sp³-hybridized carbons (Fsp3) is 0.786. The second-order valence-corrected chi connectivity index (χ2v) is 6.03. The lowest BCUT2D eigenvalue weighted by Crippen LogP contribution is -2.43. The van der Waals surface area contributed by atoms with Gasteiger partial charge in [0.05, 0.1) is 5.69 Å². The Morgan fingerprint density at radius 3 is 3.21 bits per heavy atom. The summed E-state index contributed by atoms with van der Waals surface area (Å²) in [4.78, 5) is 7.20. The van der Waals surface area contributed by atoms with Crippen LogP contribution >= 0.6 is 11.3 Å². The number of hydrogen-bond acceptors (Lipinski definition) is 5.